The molecule has 0 aromatic heterocycles. The van der Waals surface area contributed by atoms with Crippen molar-refractivity contribution in [2.75, 3.05) is 33.5 Å². The third-order valence-electron chi connectivity index (χ3n) is 5.03. The molecule has 0 aliphatic heterocycles. The Morgan fingerprint density at radius 2 is 1.22 bits per heavy atom. The first-order valence-corrected chi connectivity index (χ1v) is 14.6. The minimum absolute atomic E-state index is 0.0550. The molecule has 0 saturated heterocycles. The lowest BCUT2D eigenvalue weighted by Crippen LogP contribution is -2.27. The van der Waals surface area contributed by atoms with Crippen molar-refractivity contribution in [1.29, 1.82) is 0 Å². The van der Waals surface area contributed by atoms with Gasteiger partial charge in [-0.2, -0.15) is 0 Å². The van der Waals surface area contributed by atoms with Gasteiger partial charge in [0, 0.05) is 13.7 Å². The van der Waals surface area contributed by atoms with Gasteiger partial charge in [-0.15, -0.1) is 0 Å². The number of alkyl halides is 3. The van der Waals surface area contributed by atoms with Crippen molar-refractivity contribution < 1.29 is 28.0 Å². The zero-order valence-corrected chi connectivity index (χ0v) is 23.0. The third kappa shape index (κ3) is 24.0. The van der Waals surface area contributed by atoms with Crippen LogP contribution in [0.1, 0.15) is 96.8 Å². The minimum Gasteiger partial charge on any atom is -0.379 e. The molecule has 0 saturated carbocycles. The van der Waals surface area contributed by atoms with E-state index in [1.165, 1.54) is 77.0 Å². The van der Waals surface area contributed by atoms with Gasteiger partial charge in [0.05, 0.1) is 19.8 Å². The first-order chi connectivity index (χ1) is 15.2. The lowest BCUT2D eigenvalue weighted by molar-refractivity contribution is -0.0199. The van der Waals surface area contributed by atoms with Crippen LogP contribution in [0.25, 0.3) is 0 Å². The summed E-state index contributed by atoms with van der Waals surface area (Å²) >= 11 is 16.9. The lowest BCUT2D eigenvalue weighted by Gasteiger charge is -2.21. The second-order valence-electron chi connectivity index (χ2n) is 8.18. The van der Waals surface area contributed by atoms with E-state index in [0.29, 0.717) is 6.61 Å². The van der Waals surface area contributed by atoms with E-state index in [2.05, 4.69) is 11.4 Å². The van der Waals surface area contributed by atoms with Crippen molar-refractivity contribution in [3.63, 3.8) is 0 Å². The monoisotopic (exact) mass is 540 g/mol. The lowest BCUT2D eigenvalue weighted by atomic mass is 10.0. The Kier molecular flexibility index (Phi) is 21.8. The molecule has 0 rings (SSSR count). The van der Waals surface area contributed by atoms with E-state index in [0.717, 1.165) is 20.0 Å². The van der Waals surface area contributed by atoms with Crippen LogP contribution in [0.5, 0.6) is 0 Å². The standard InChI is InChI=1S/C22H44Cl3O6P/c1-3-4-5-6-7-8-9-10-11-12-13-14-15-16-17-29-18-21(31-32(26,27)28-2)19-30-20-22(23,24)25/h21H,3-20H2,1-2H3,(H,26,27)/t21-/m1/s1. The highest BCUT2D eigenvalue weighted by Gasteiger charge is 2.27. The second-order valence-corrected chi connectivity index (χ2v) is 12.2. The van der Waals surface area contributed by atoms with Crippen LogP contribution in [0.15, 0.2) is 0 Å². The molecular weight excluding hydrogens is 498 g/mol. The van der Waals surface area contributed by atoms with Gasteiger partial charge in [0.15, 0.2) is 0 Å². The molecule has 1 unspecified atom stereocenters. The van der Waals surface area contributed by atoms with E-state index in [-0.39, 0.29) is 19.8 Å². The summed E-state index contributed by atoms with van der Waals surface area (Å²) in [7, 11) is -3.07. The first-order valence-electron chi connectivity index (χ1n) is 12.0. The van der Waals surface area contributed by atoms with Gasteiger partial charge in [-0.1, -0.05) is 125 Å². The average Bonchev–Trinajstić information content (AvgIpc) is 2.72. The van der Waals surface area contributed by atoms with Gasteiger partial charge < -0.3 is 14.4 Å². The molecule has 1 N–H and O–H groups in total. The fourth-order valence-corrected chi connectivity index (χ4v) is 4.08. The summed E-state index contributed by atoms with van der Waals surface area (Å²) in [6.45, 7) is 2.67. The Bertz CT molecular complexity index is 465. The van der Waals surface area contributed by atoms with E-state index in [9.17, 15) is 9.46 Å². The van der Waals surface area contributed by atoms with E-state index in [1.807, 2.05) is 0 Å². The molecule has 10 heteroatoms. The average molecular weight is 542 g/mol. The summed E-state index contributed by atoms with van der Waals surface area (Å²) in [4.78, 5) is 9.51. The van der Waals surface area contributed by atoms with E-state index >= 15 is 0 Å². The predicted octanol–water partition coefficient (Wildman–Crippen LogP) is 8.00. The van der Waals surface area contributed by atoms with Crippen molar-refractivity contribution in [2.24, 2.45) is 0 Å². The summed E-state index contributed by atoms with van der Waals surface area (Å²) in [6, 6.07) is 0. The van der Waals surface area contributed by atoms with Gasteiger partial charge in [-0.25, -0.2) is 4.57 Å². The number of rotatable bonds is 23. The van der Waals surface area contributed by atoms with Gasteiger partial charge in [-0.3, -0.25) is 9.05 Å². The van der Waals surface area contributed by atoms with Crippen molar-refractivity contribution in [3.8, 4) is 0 Å². The summed E-state index contributed by atoms with van der Waals surface area (Å²) in [5.41, 5.74) is 0. The zero-order chi connectivity index (χ0) is 24.1. The molecule has 2 atom stereocenters. The highest BCUT2D eigenvalue weighted by molar-refractivity contribution is 7.47. The third-order valence-corrected chi connectivity index (χ3v) is 6.38. The molecule has 0 amide bonds. The molecule has 0 aromatic carbocycles. The molecule has 0 bridgehead atoms. The van der Waals surface area contributed by atoms with Gasteiger partial charge in [-0.05, 0) is 6.42 Å². The predicted molar refractivity (Wildman–Crippen MR) is 134 cm³/mol. The van der Waals surface area contributed by atoms with Gasteiger partial charge in [0.2, 0.25) is 3.79 Å². The fourth-order valence-electron chi connectivity index (χ4n) is 3.26. The van der Waals surface area contributed by atoms with Crippen molar-refractivity contribution in [2.45, 2.75) is 107 Å². The highest BCUT2D eigenvalue weighted by Crippen LogP contribution is 2.43. The molecule has 6 nitrogen and oxygen atoms in total. The molecule has 0 fully saturated rings. The van der Waals surface area contributed by atoms with Crippen molar-refractivity contribution in [3.05, 3.63) is 0 Å². The Morgan fingerprint density at radius 3 is 1.66 bits per heavy atom. The maximum atomic E-state index is 11.6. The maximum Gasteiger partial charge on any atom is 0.472 e. The zero-order valence-electron chi connectivity index (χ0n) is 19.9. The quantitative estimate of drug-likeness (QED) is 0.0802. The van der Waals surface area contributed by atoms with Crippen molar-refractivity contribution >= 4 is 42.6 Å². The number of ether oxygens (including phenoxy) is 2. The number of unbranched alkanes of at least 4 members (excludes halogenated alkanes) is 13. The number of phosphoric acid groups is 1. The summed E-state index contributed by atoms with van der Waals surface area (Å²) in [5.74, 6) is 0. The Morgan fingerprint density at radius 1 is 0.781 bits per heavy atom. The normalized spacial score (nSPS) is 15.1. The van der Waals surface area contributed by atoms with Crippen LogP contribution in [0.2, 0.25) is 0 Å². The smallest absolute Gasteiger partial charge is 0.379 e. The van der Waals surface area contributed by atoms with Gasteiger partial charge >= 0.3 is 7.82 Å². The molecule has 0 heterocycles. The van der Waals surface area contributed by atoms with Crippen LogP contribution in [0.4, 0.5) is 0 Å². The molecule has 0 aliphatic carbocycles. The topological polar surface area (TPSA) is 74.2 Å². The van der Waals surface area contributed by atoms with Crippen LogP contribution in [-0.2, 0) is 23.1 Å². The molecule has 0 aliphatic rings. The van der Waals surface area contributed by atoms with E-state index < -0.39 is 17.7 Å². The largest absolute Gasteiger partial charge is 0.472 e. The van der Waals surface area contributed by atoms with Crippen LogP contribution in [0.3, 0.4) is 0 Å². The van der Waals surface area contributed by atoms with Crippen LogP contribution in [-0.4, -0.2) is 48.3 Å². The van der Waals surface area contributed by atoms with Gasteiger partial charge in [0.25, 0.3) is 0 Å². The SMILES string of the molecule is CCCCCCCCCCCCCCCCOC[C@H](COCC(Cl)(Cl)Cl)OP(=O)(O)OC. The van der Waals surface area contributed by atoms with E-state index in [4.69, 9.17) is 48.8 Å². The first kappa shape index (κ1) is 32.9. The minimum atomic E-state index is -4.16. The number of phosphoric ester groups is 1. The summed E-state index contributed by atoms with van der Waals surface area (Å²) in [5, 5.41) is 0. The van der Waals surface area contributed by atoms with E-state index in [1.54, 1.807) is 0 Å². The van der Waals surface area contributed by atoms with Crippen LogP contribution >= 0.6 is 42.6 Å². The van der Waals surface area contributed by atoms with Crippen molar-refractivity contribution in [1.82, 2.24) is 0 Å². The van der Waals surface area contributed by atoms with Crippen LogP contribution < -0.4 is 0 Å². The number of halogens is 3. The molecular formula is C22H44Cl3O6P. The Labute approximate surface area is 210 Å². The Balaban J connectivity index is 3.68. The number of hydrogen-bond donors (Lipinski definition) is 1. The molecule has 32 heavy (non-hydrogen) atoms. The van der Waals surface area contributed by atoms with Gasteiger partial charge in [0.1, 0.15) is 6.10 Å². The van der Waals surface area contributed by atoms with Crippen LogP contribution in [0, 0.1) is 0 Å². The summed E-state index contributed by atoms with van der Waals surface area (Å²) < 4.78 is 30.4. The second kappa shape index (κ2) is 21.2. The molecule has 0 spiro atoms. The molecule has 194 valence electrons. The maximum absolute atomic E-state index is 11.6. The molecule has 0 radical (unpaired) electrons. The molecule has 0 aromatic rings. The Hall–Kier alpha value is 0.900. The fraction of sp³-hybridized carbons (Fsp3) is 1.00. The highest BCUT2D eigenvalue weighted by atomic mass is 35.6. The summed E-state index contributed by atoms with van der Waals surface area (Å²) in [6.07, 6.45) is 17.3. The number of hydrogen-bond acceptors (Lipinski definition) is 5.